The number of ether oxygens (including phenoxy) is 2. The zero-order chi connectivity index (χ0) is 21.7. The monoisotopic (exact) mass is 415 g/mol. The van der Waals surface area contributed by atoms with Crippen LogP contribution >= 0.6 is 0 Å². The fourth-order valence-electron chi connectivity index (χ4n) is 4.47. The number of hydrogen-bond acceptors (Lipinski definition) is 5. The molecular weight excluding hydrogens is 382 g/mol. The second-order valence-corrected chi connectivity index (χ2v) is 9.50. The van der Waals surface area contributed by atoms with Crippen LogP contribution in [0.4, 0.5) is 4.79 Å². The molecule has 1 unspecified atom stereocenters. The molecule has 0 spiro atoms. The SMILES string of the molecule is CC(C)(C)OC(=O)CC(CC1CCCC1)C(=O)N1C(=O)OC[C@@H]1Cc1ccccc1. The van der Waals surface area contributed by atoms with Crippen molar-refractivity contribution in [2.45, 2.75) is 77.4 Å². The highest BCUT2D eigenvalue weighted by atomic mass is 16.6. The average Bonchev–Trinajstić information content (AvgIpc) is 3.30. The number of hydrogen-bond donors (Lipinski definition) is 0. The molecule has 2 fully saturated rings. The number of carbonyl (C=O) groups excluding carboxylic acids is 3. The van der Waals surface area contributed by atoms with Gasteiger partial charge in [0.15, 0.2) is 0 Å². The van der Waals surface area contributed by atoms with E-state index in [-0.39, 0.29) is 25.0 Å². The predicted octanol–water partition coefficient (Wildman–Crippen LogP) is 4.50. The van der Waals surface area contributed by atoms with Gasteiger partial charge in [0.2, 0.25) is 5.91 Å². The van der Waals surface area contributed by atoms with Crippen LogP contribution in [0.25, 0.3) is 0 Å². The van der Waals surface area contributed by atoms with Crippen molar-refractivity contribution in [2.75, 3.05) is 6.61 Å². The second-order valence-electron chi connectivity index (χ2n) is 9.50. The summed E-state index contributed by atoms with van der Waals surface area (Å²) in [6.45, 7) is 5.62. The van der Waals surface area contributed by atoms with Crippen molar-refractivity contribution in [1.29, 1.82) is 0 Å². The van der Waals surface area contributed by atoms with E-state index < -0.39 is 23.6 Å². The van der Waals surface area contributed by atoms with Gasteiger partial charge in [-0.25, -0.2) is 9.69 Å². The Morgan fingerprint density at radius 2 is 1.83 bits per heavy atom. The van der Waals surface area contributed by atoms with Crippen LogP contribution in [0, 0.1) is 11.8 Å². The lowest BCUT2D eigenvalue weighted by Gasteiger charge is -2.27. The summed E-state index contributed by atoms with van der Waals surface area (Å²) in [5.41, 5.74) is 0.429. The van der Waals surface area contributed by atoms with Gasteiger partial charge in [0.05, 0.1) is 12.5 Å². The van der Waals surface area contributed by atoms with Gasteiger partial charge in [-0.2, -0.15) is 0 Å². The second kappa shape index (κ2) is 9.63. The van der Waals surface area contributed by atoms with E-state index in [1.54, 1.807) is 0 Å². The molecular formula is C24H33NO5. The molecule has 1 aromatic rings. The van der Waals surface area contributed by atoms with Gasteiger partial charge in [0.1, 0.15) is 12.2 Å². The molecule has 2 aliphatic rings. The minimum atomic E-state index is -0.611. The number of amides is 2. The molecule has 1 aliphatic carbocycles. The summed E-state index contributed by atoms with van der Waals surface area (Å²) in [5, 5.41) is 0. The normalized spacial score (nSPS) is 20.8. The number of cyclic esters (lactones) is 1. The fourth-order valence-corrected chi connectivity index (χ4v) is 4.47. The highest BCUT2D eigenvalue weighted by molar-refractivity contribution is 5.96. The average molecular weight is 416 g/mol. The third-order valence-electron chi connectivity index (χ3n) is 5.79. The lowest BCUT2D eigenvalue weighted by Crippen LogP contribution is -2.44. The first kappa shape index (κ1) is 22.3. The van der Waals surface area contributed by atoms with E-state index in [9.17, 15) is 14.4 Å². The maximum Gasteiger partial charge on any atom is 0.416 e. The molecule has 0 aromatic heterocycles. The molecule has 6 nitrogen and oxygen atoms in total. The van der Waals surface area contributed by atoms with Crippen molar-refractivity contribution >= 4 is 18.0 Å². The molecule has 3 rings (SSSR count). The van der Waals surface area contributed by atoms with Crippen LogP contribution < -0.4 is 0 Å². The Hall–Kier alpha value is -2.37. The number of carbonyl (C=O) groups is 3. The summed E-state index contributed by atoms with van der Waals surface area (Å²) >= 11 is 0. The standard InChI is InChI=1S/C24H33NO5/c1-24(2,3)30-21(26)15-19(13-17-11-7-8-12-17)22(27)25-20(16-29-23(25)28)14-18-9-5-4-6-10-18/h4-6,9-10,17,19-20H,7-8,11-16H2,1-3H3/t19?,20-/m0/s1. The van der Waals surface area contributed by atoms with Crippen LogP contribution in [0.3, 0.4) is 0 Å². The third kappa shape index (κ3) is 6.07. The highest BCUT2D eigenvalue weighted by Crippen LogP contribution is 2.33. The molecule has 1 saturated carbocycles. The van der Waals surface area contributed by atoms with Gasteiger partial charge in [-0.05, 0) is 45.1 Å². The summed E-state index contributed by atoms with van der Waals surface area (Å²) in [6.07, 6.45) is 4.98. The quantitative estimate of drug-likeness (QED) is 0.613. The Morgan fingerprint density at radius 1 is 1.17 bits per heavy atom. The molecule has 2 amide bonds. The molecule has 1 saturated heterocycles. The van der Waals surface area contributed by atoms with Gasteiger partial charge in [-0.3, -0.25) is 9.59 Å². The largest absolute Gasteiger partial charge is 0.460 e. The lowest BCUT2D eigenvalue weighted by atomic mass is 9.89. The number of rotatable bonds is 7. The summed E-state index contributed by atoms with van der Waals surface area (Å²) in [4.78, 5) is 39.7. The minimum Gasteiger partial charge on any atom is -0.460 e. The summed E-state index contributed by atoms with van der Waals surface area (Å²) in [6, 6.07) is 9.40. The fraction of sp³-hybridized carbons (Fsp3) is 0.625. The van der Waals surface area contributed by atoms with Crippen LogP contribution in [0.5, 0.6) is 0 Å². The molecule has 30 heavy (non-hydrogen) atoms. The van der Waals surface area contributed by atoms with E-state index in [1.165, 1.54) is 4.90 Å². The molecule has 1 aliphatic heterocycles. The Labute approximate surface area is 178 Å². The number of benzene rings is 1. The van der Waals surface area contributed by atoms with Gasteiger partial charge in [0, 0.05) is 5.92 Å². The van der Waals surface area contributed by atoms with Crippen LogP contribution in [0.1, 0.15) is 64.9 Å². The van der Waals surface area contributed by atoms with Crippen LogP contribution in [-0.4, -0.2) is 41.1 Å². The van der Waals surface area contributed by atoms with Gasteiger partial charge in [0.25, 0.3) is 0 Å². The van der Waals surface area contributed by atoms with Crippen molar-refractivity contribution < 1.29 is 23.9 Å². The summed E-state index contributed by atoms with van der Waals surface area (Å²) in [7, 11) is 0. The Balaban J connectivity index is 1.74. The van der Waals surface area contributed by atoms with Gasteiger partial charge >= 0.3 is 12.1 Å². The van der Waals surface area contributed by atoms with Crippen molar-refractivity contribution in [1.82, 2.24) is 4.90 Å². The van der Waals surface area contributed by atoms with E-state index in [4.69, 9.17) is 9.47 Å². The number of nitrogens with zero attached hydrogens (tertiary/aromatic N) is 1. The number of esters is 1. The van der Waals surface area contributed by atoms with Gasteiger partial charge < -0.3 is 9.47 Å². The van der Waals surface area contributed by atoms with E-state index >= 15 is 0 Å². The smallest absolute Gasteiger partial charge is 0.416 e. The zero-order valence-electron chi connectivity index (χ0n) is 18.3. The topological polar surface area (TPSA) is 72.9 Å². The molecule has 164 valence electrons. The minimum absolute atomic E-state index is 0.00552. The van der Waals surface area contributed by atoms with Crippen molar-refractivity contribution in [3.8, 4) is 0 Å². The molecule has 0 bridgehead atoms. The summed E-state index contributed by atoms with van der Waals surface area (Å²) < 4.78 is 10.7. The Bertz CT molecular complexity index is 749. The van der Waals surface area contributed by atoms with Crippen LogP contribution in [0.15, 0.2) is 30.3 Å². The third-order valence-corrected chi connectivity index (χ3v) is 5.79. The molecule has 6 heteroatoms. The summed E-state index contributed by atoms with van der Waals surface area (Å²) in [5.74, 6) is -0.860. The van der Waals surface area contributed by atoms with Gasteiger partial charge in [-0.1, -0.05) is 56.0 Å². The van der Waals surface area contributed by atoms with Crippen LogP contribution in [-0.2, 0) is 25.5 Å². The van der Waals surface area contributed by atoms with E-state index in [2.05, 4.69) is 0 Å². The first-order valence-electron chi connectivity index (χ1n) is 11.0. The maximum atomic E-state index is 13.5. The lowest BCUT2D eigenvalue weighted by molar-refractivity contribution is -0.158. The Morgan fingerprint density at radius 3 is 2.47 bits per heavy atom. The molecule has 0 radical (unpaired) electrons. The first-order valence-corrected chi connectivity index (χ1v) is 11.0. The molecule has 1 aromatic carbocycles. The van der Waals surface area contributed by atoms with Crippen molar-refractivity contribution in [3.05, 3.63) is 35.9 Å². The van der Waals surface area contributed by atoms with Crippen LogP contribution in [0.2, 0.25) is 0 Å². The molecule has 2 atom stereocenters. The first-order chi connectivity index (χ1) is 14.2. The highest BCUT2D eigenvalue weighted by Gasteiger charge is 2.42. The van der Waals surface area contributed by atoms with E-state index in [1.807, 2.05) is 51.1 Å². The Kier molecular flexibility index (Phi) is 7.16. The predicted molar refractivity (Wildman–Crippen MR) is 113 cm³/mol. The molecule has 0 N–H and O–H groups in total. The molecule has 1 heterocycles. The van der Waals surface area contributed by atoms with Crippen molar-refractivity contribution in [3.63, 3.8) is 0 Å². The van der Waals surface area contributed by atoms with E-state index in [0.29, 0.717) is 18.8 Å². The number of imide groups is 1. The van der Waals surface area contributed by atoms with E-state index in [0.717, 1.165) is 31.2 Å². The van der Waals surface area contributed by atoms with Crippen molar-refractivity contribution in [2.24, 2.45) is 11.8 Å². The van der Waals surface area contributed by atoms with Gasteiger partial charge in [-0.15, -0.1) is 0 Å². The zero-order valence-corrected chi connectivity index (χ0v) is 18.3. The maximum absolute atomic E-state index is 13.5.